The molecule has 10 heteroatoms. The quantitative estimate of drug-likeness (QED) is 0.343. The van der Waals surface area contributed by atoms with E-state index in [2.05, 4.69) is 30.6 Å². The fourth-order valence-electron chi connectivity index (χ4n) is 3.54. The molecule has 0 unspecified atom stereocenters. The topological polar surface area (TPSA) is 90.2 Å². The van der Waals surface area contributed by atoms with Crippen molar-refractivity contribution in [3.8, 4) is 0 Å². The van der Waals surface area contributed by atoms with Gasteiger partial charge in [0.2, 0.25) is 10.0 Å². The first-order valence-corrected chi connectivity index (χ1v) is 13.5. The van der Waals surface area contributed by atoms with Crippen LogP contribution >= 0.6 is 11.3 Å². The molecule has 1 heterocycles. The van der Waals surface area contributed by atoms with Gasteiger partial charge in [-0.05, 0) is 48.4 Å². The number of aryl methyl sites for hydroxylation is 1. The summed E-state index contributed by atoms with van der Waals surface area (Å²) in [6, 6.07) is 12.1. The number of hydrogen-bond donors (Lipinski definition) is 0. The highest BCUT2D eigenvalue weighted by molar-refractivity contribution is 7.89. The summed E-state index contributed by atoms with van der Waals surface area (Å²) in [6.45, 7) is 7.36. The van der Waals surface area contributed by atoms with E-state index in [0.717, 1.165) is 16.6 Å². The third-order valence-electron chi connectivity index (χ3n) is 5.49. The van der Waals surface area contributed by atoms with Gasteiger partial charge in [0, 0.05) is 39.4 Å². The number of allylic oxidation sites excluding steroid dienone is 1. The average Bonchev–Trinajstić information content (AvgIpc) is 3.20. The zero-order valence-corrected chi connectivity index (χ0v) is 21.9. The molecule has 0 aliphatic carbocycles. The van der Waals surface area contributed by atoms with Crippen LogP contribution in [0.5, 0.6) is 0 Å². The number of amides is 1. The third-order valence-corrected chi connectivity index (χ3v) is 8.45. The summed E-state index contributed by atoms with van der Waals surface area (Å²) in [5.74, 6) is -0.440. The normalized spacial score (nSPS) is 12.5. The largest absolute Gasteiger partial charge is 0.383 e. The minimum Gasteiger partial charge on any atom is -0.383 e. The van der Waals surface area contributed by atoms with Crippen molar-refractivity contribution in [1.82, 2.24) is 8.87 Å². The van der Waals surface area contributed by atoms with Crippen LogP contribution in [0, 0.1) is 0 Å². The van der Waals surface area contributed by atoms with Crippen LogP contribution in [0.3, 0.4) is 0 Å². The van der Waals surface area contributed by atoms with Crippen LogP contribution < -0.4 is 4.80 Å². The first kappa shape index (κ1) is 27.0. The number of sulfonamides is 1. The Morgan fingerprint density at radius 3 is 2.34 bits per heavy atom. The van der Waals surface area contributed by atoms with Crippen LogP contribution in [0.25, 0.3) is 10.2 Å². The summed E-state index contributed by atoms with van der Waals surface area (Å²) in [6.07, 6.45) is 2.69. The molecule has 2 aromatic carbocycles. The molecule has 1 amide bonds. The van der Waals surface area contributed by atoms with E-state index in [1.165, 1.54) is 59.7 Å². The summed E-state index contributed by atoms with van der Waals surface area (Å²) in [5, 5.41) is 0. The zero-order chi connectivity index (χ0) is 25.4. The van der Waals surface area contributed by atoms with Gasteiger partial charge in [0.15, 0.2) is 4.80 Å². The number of benzene rings is 2. The van der Waals surface area contributed by atoms with Crippen LogP contribution in [-0.4, -0.2) is 63.7 Å². The molecular formula is C25H31N3O5S2. The number of aromatic nitrogens is 1. The number of thiazole rings is 1. The SMILES string of the molecule is C=CCn1c(=NC(=O)c2ccc(S(=O)(=O)N(CCOC)CCOC)cc2)sc2cc(CC)ccc21. The Bertz CT molecular complexity index is 1330. The molecule has 0 radical (unpaired) electrons. The maximum absolute atomic E-state index is 13.1. The molecule has 0 aliphatic rings. The van der Waals surface area contributed by atoms with E-state index in [9.17, 15) is 13.2 Å². The lowest BCUT2D eigenvalue weighted by molar-refractivity contribution is 0.0997. The van der Waals surface area contributed by atoms with Gasteiger partial charge in [-0.15, -0.1) is 6.58 Å². The van der Waals surface area contributed by atoms with Crippen molar-refractivity contribution in [1.29, 1.82) is 0 Å². The van der Waals surface area contributed by atoms with Gasteiger partial charge in [0.1, 0.15) is 0 Å². The second kappa shape index (κ2) is 12.4. The maximum atomic E-state index is 13.1. The highest BCUT2D eigenvalue weighted by Crippen LogP contribution is 2.20. The Kier molecular flexibility index (Phi) is 9.53. The highest BCUT2D eigenvalue weighted by Gasteiger charge is 2.24. The Hall–Kier alpha value is -2.63. The Balaban J connectivity index is 1.92. The number of methoxy groups -OCH3 is 2. The summed E-state index contributed by atoms with van der Waals surface area (Å²) >= 11 is 1.44. The highest BCUT2D eigenvalue weighted by atomic mass is 32.2. The smallest absolute Gasteiger partial charge is 0.279 e. The molecule has 1 aromatic heterocycles. The van der Waals surface area contributed by atoms with Gasteiger partial charge in [-0.1, -0.05) is 30.4 Å². The monoisotopic (exact) mass is 517 g/mol. The molecule has 35 heavy (non-hydrogen) atoms. The molecule has 0 bridgehead atoms. The molecule has 0 saturated heterocycles. The molecule has 3 rings (SSSR count). The lowest BCUT2D eigenvalue weighted by Crippen LogP contribution is -2.36. The minimum absolute atomic E-state index is 0.0944. The van der Waals surface area contributed by atoms with Gasteiger partial charge in [-0.25, -0.2) is 8.42 Å². The summed E-state index contributed by atoms with van der Waals surface area (Å²) in [7, 11) is -0.733. The summed E-state index contributed by atoms with van der Waals surface area (Å²) in [5.41, 5.74) is 2.51. The summed E-state index contributed by atoms with van der Waals surface area (Å²) in [4.78, 5) is 18.0. The van der Waals surface area contributed by atoms with Crippen LogP contribution in [0.1, 0.15) is 22.8 Å². The molecule has 3 aromatic rings. The van der Waals surface area contributed by atoms with Crippen molar-refractivity contribution in [2.24, 2.45) is 4.99 Å². The second-order valence-electron chi connectivity index (χ2n) is 7.77. The number of ether oxygens (including phenoxy) is 2. The number of carbonyl (C=O) groups excluding carboxylic acids is 1. The van der Waals surface area contributed by atoms with E-state index < -0.39 is 15.9 Å². The van der Waals surface area contributed by atoms with Crippen molar-refractivity contribution in [3.05, 3.63) is 71.0 Å². The van der Waals surface area contributed by atoms with E-state index >= 15 is 0 Å². The molecular weight excluding hydrogens is 486 g/mol. The predicted molar refractivity (Wildman–Crippen MR) is 138 cm³/mol. The molecule has 0 atom stereocenters. The average molecular weight is 518 g/mol. The standard InChI is InChI=1S/C25H31N3O5S2/c1-5-13-28-22-12-7-19(6-2)18-23(22)34-25(28)26-24(29)20-8-10-21(11-9-20)35(30,31)27(14-16-32-3)15-17-33-4/h5,7-12,18H,1,6,13-17H2,2-4H3. The van der Waals surface area contributed by atoms with E-state index in [1.807, 2.05) is 10.6 Å². The maximum Gasteiger partial charge on any atom is 0.279 e. The molecule has 0 aliphatic heterocycles. The van der Waals surface area contributed by atoms with Gasteiger partial charge in [-0.3, -0.25) is 4.79 Å². The van der Waals surface area contributed by atoms with E-state index in [0.29, 0.717) is 16.9 Å². The Morgan fingerprint density at radius 2 is 1.77 bits per heavy atom. The predicted octanol–water partition coefficient (Wildman–Crippen LogP) is 3.48. The lowest BCUT2D eigenvalue weighted by atomic mass is 10.2. The number of carbonyl (C=O) groups is 1. The Morgan fingerprint density at radius 1 is 1.11 bits per heavy atom. The van der Waals surface area contributed by atoms with Crippen molar-refractivity contribution >= 4 is 37.5 Å². The van der Waals surface area contributed by atoms with Crippen LogP contribution in [-0.2, 0) is 32.5 Å². The first-order valence-electron chi connectivity index (χ1n) is 11.3. The number of hydrogen-bond acceptors (Lipinski definition) is 6. The van der Waals surface area contributed by atoms with Gasteiger partial charge in [0.25, 0.3) is 5.91 Å². The van der Waals surface area contributed by atoms with E-state index in [-0.39, 0.29) is 31.2 Å². The lowest BCUT2D eigenvalue weighted by Gasteiger charge is -2.21. The summed E-state index contributed by atoms with van der Waals surface area (Å²) < 4.78 is 40.5. The first-order chi connectivity index (χ1) is 16.8. The van der Waals surface area contributed by atoms with Crippen molar-refractivity contribution in [2.75, 3.05) is 40.5 Å². The third kappa shape index (κ3) is 6.33. The van der Waals surface area contributed by atoms with Gasteiger partial charge in [0.05, 0.1) is 28.3 Å². The fourth-order valence-corrected chi connectivity index (χ4v) is 6.05. The van der Waals surface area contributed by atoms with Crippen LogP contribution in [0.15, 0.2) is 65.0 Å². The van der Waals surface area contributed by atoms with Gasteiger partial charge < -0.3 is 14.0 Å². The fraction of sp³-hybridized carbons (Fsp3) is 0.360. The van der Waals surface area contributed by atoms with Crippen molar-refractivity contribution < 1.29 is 22.7 Å². The zero-order valence-electron chi connectivity index (χ0n) is 20.3. The molecule has 188 valence electrons. The van der Waals surface area contributed by atoms with Gasteiger partial charge >= 0.3 is 0 Å². The van der Waals surface area contributed by atoms with Crippen molar-refractivity contribution in [3.63, 3.8) is 0 Å². The number of rotatable bonds is 12. The van der Waals surface area contributed by atoms with E-state index in [4.69, 9.17) is 9.47 Å². The van der Waals surface area contributed by atoms with E-state index in [1.54, 1.807) is 6.08 Å². The molecule has 0 spiro atoms. The second-order valence-corrected chi connectivity index (χ2v) is 10.7. The van der Waals surface area contributed by atoms with Crippen LogP contribution in [0.4, 0.5) is 0 Å². The van der Waals surface area contributed by atoms with Crippen LogP contribution in [0.2, 0.25) is 0 Å². The molecule has 0 fully saturated rings. The number of nitrogens with zero attached hydrogens (tertiary/aromatic N) is 3. The van der Waals surface area contributed by atoms with Gasteiger partial charge in [-0.2, -0.15) is 9.30 Å². The van der Waals surface area contributed by atoms with Crippen molar-refractivity contribution in [2.45, 2.75) is 24.8 Å². The minimum atomic E-state index is -3.77. The molecule has 0 saturated carbocycles. The molecule has 0 N–H and O–H groups in total. The number of fused-ring (bicyclic) bond motifs is 1. The Labute approximate surface area is 210 Å². The molecule has 8 nitrogen and oxygen atoms in total.